The topological polar surface area (TPSA) is 64.3 Å². The number of amides is 1. The minimum Gasteiger partial charge on any atom is -0.361 e. The molecule has 0 spiro atoms. The fourth-order valence-corrected chi connectivity index (χ4v) is 4.35. The van der Waals surface area contributed by atoms with Gasteiger partial charge in [-0.15, -0.1) is 11.3 Å². The lowest BCUT2D eigenvalue weighted by Gasteiger charge is -2.33. The van der Waals surface area contributed by atoms with Gasteiger partial charge in [0.2, 0.25) is 5.91 Å². The van der Waals surface area contributed by atoms with Gasteiger partial charge in [-0.2, -0.15) is 0 Å². The predicted octanol–water partition coefficient (Wildman–Crippen LogP) is 2.41. The van der Waals surface area contributed by atoms with Crippen molar-refractivity contribution >= 4 is 28.1 Å². The van der Waals surface area contributed by atoms with Crippen molar-refractivity contribution in [2.24, 2.45) is 0 Å². The van der Waals surface area contributed by atoms with Crippen molar-refractivity contribution in [1.29, 1.82) is 0 Å². The maximum atomic E-state index is 12.3. The van der Waals surface area contributed by atoms with Crippen LogP contribution in [-0.4, -0.2) is 64.9 Å². The number of hydrogen-bond donors (Lipinski definition) is 2. The Morgan fingerprint density at radius 2 is 2.00 bits per heavy atom. The Morgan fingerprint density at radius 3 is 2.79 bits per heavy atom. The third kappa shape index (κ3) is 4.79. The molecule has 28 heavy (non-hydrogen) atoms. The van der Waals surface area contributed by atoms with Gasteiger partial charge in [0.05, 0.1) is 17.2 Å². The quantitative estimate of drug-likeness (QED) is 0.643. The van der Waals surface area contributed by atoms with Gasteiger partial charge in [0.25, 0.3) is 0 Å². The summed E-state index contributed by atoms with van der Waals surface area (Å²) in [6.07, 6.45) is 2.89. The highest BCUT2D eigenvalue weighted by atomic mass is 32.1. The van der Waals surface area contributed by atoms with Gasteiger partial charge < -0.3 is 10.3 Å². The standard InChI is InChI=1S/C21H27N5OS/c1-16-24-18(15-28-16)13-25-8-10-26(11-9-25)14-21(27)22-7-6-17-12-23-20-5-3-2-4-19(17)20/h2-5,12,15,23H,6-11,13-14H2,1H3,(H,22,27). The molecule has 0 saturated carbocycles. The van der Waals surface area contributed by atoms with Crippen LogP contribution in [0.1, 0.15) is 16.3 Å². The van der Waals surface area contributed by atoms with Crippen molar-refractivity contribution in [2.45, 2.75) is 19.9 Å². The molecule has 1 aliphatic heterocycles. The molecule has 0 radical (unpaired) electrons. The number of benzene rings is 1. The highest BCUT2D eigenvalue weighted by Gasteiger charge is 2.19. The molecule has 6 nitrogen and oxygen atoms in total. The first-order valence-corrected chi connectivity index (χ1v) is 10.7. The zero-order valence-corrected chi connectivity index (χ0v) is 17.1. The lowest BCUT2D eigenvalue weighted by molar-refractivity contribution is -0.122. The third-order valence-electron chi connectivity index (χ3n) is 5.28. The van der Waals surface area contributed by atoms with Gasteiger partial charge in [0.1, 0.15) is 0 Å². The van der Waals surface area contributed by atoms with Gasteiger partial charge in [0.15, 0.2) is 0 Å². The number of piperazine rings is 1. The maximum absolute atomic E-state index is 12.3. The molecule has 1 fully saturated rings. The second-order valence-corrected chi connectivity index (χ2v) is 8.43. The third-order valence-corrected chi connectivity index (χ3v) is 6.10. The van der Waals surface area contributed by atoms with E-state index in [0.29, 0.717) is 13.1 Å². The number of nitrogens with one attached hydrogen (secondary N) is 2. The van der Waals surface area contributed by atoms with E-state index in [0.717, 1.165) is 55.4 Å². The lowest BCUT2D eigenvalue weighted by Crippen LogP contribution is -2.49. The van der Waals surface area contributed by atoms with E-state index in [9.17, 15) is 4.79 Å². The minimum absolute atomic E-state index is 0.114. The van der Waals surface area contributed by atoms with Gasteiger partial charge in [-0.1, -0.05) is 18.2 Å². The monoisotopic (exact) mass is 397 g/mol. The smallest absolute Gasteiger partial charge is 0.234 e. The molecule has 1 aliphatic rings. The van der Waals surface area contributed by atoms with Gasteiger partial charge in [-0.25, -0.2) is 4.98 Å². The molecule has 0 unspecified atom stereocenters. The summed E-state index contributed by atoms with van der Waals surface area (Å²) in [4.78, 5) is 24.8. The van der Waals surface area contributed by atoms with Crippen LogP contribution >= 0.6 is 11.3 Å². The van der Waals surface area contributed by atoms with Crippen LogP contribution in [0.15, 0.2) is 35.8 Å². The first kappa shape index (κ1) is 19.1. The number of nitrogens with zero attached hydrogens (tertiary/aromatic N) is 3. The fourth-order valence-electron chi connectivity index (χ4n) is 3.75. The van der Waals surface area contributed by atoms with E-state index in [2.05, 4.69) is 42.6 Å². The molecule has 2 N–H and O–H groups in total. The zero-order chi connectivity index (χ0) is 19.3. The van der Waals surface area contributed by atoms with Crippen LogP contribution in [0.5, 0.6) is 0 Å². The number of aryl methyl sites for hydroxylation is 1. The van der Waals surface area contributed by atoms with Crippen LogP contribution in [0.25, 0.3) is 10.9 Å². The normalized spacial score (nSPS) is 15.9. The Bertz CT molecular complexity index is 926. The van der Waals surface area contributed by atoms with Crippen molar-refractivity contribution in [1.82, 2.24) is 25.1 Å². The molecular formula is C21H27N5OS. The lowest BCUT2D eigenvalue weighted by atomic mass is 10.1. The molecule has 0 bridgehead atoms. The first-order valence-electron chi connectivity index (χ1n) is 9.85. The number of H-pyrrole nitrogens is 1. The van der Waals surface area contributed by atoms with Crippen molar-refractivity contribution in [3.63, 3.8) is 0 Å². The molecule has 3 heterocycles. The summed E-state index contributed by atoms with van der Waals surface area (Å²) in [5, 5.41) is 7.57. The van der Waals surface area contributed by atoms with E-state index in [-0.39, 0.29) is 5.91 Å². The van der Waals surface area contributed by atoms with E-state index >= 15 is 0 Å². The average molecular weight is 398 g/mol. The molecular weight excluding hydrogens is 370 g/mol. The Kier molecular flexibility index (Phi) is 6.04. The molecule has 3 aromatic rings. The molecule has 4 rings (SSSR count). The summed E-state index contributed by atoms with van der Waals surface area (Å²) < 4.78 is 0. The number of aromatic amines is 1. The van der Waals surface area contributed by atoms with E-state index < -0.39 is 0 Å². The summed E-state index contributed by atoms with van der Waals surface area (Å²) in [5.41, 5.74) is 3.56. The molecule has 1 saturated heterocycles. The van der Waals surface area contributed by atoms with Crippen LogP contribution in [0, 0.1) is 6.92 Å². The molecule has 0 atom stereocenters. The van der Waals surface area contributed by atoms with Crippen LogP contribution in [0.2, 0.25) is 0 Å². The summed E-state index contributed by atoms with van der Waals surface area (Å²) in [6.45, 7) is 7.94. The predicted molar refractivity (Wildman–Crippen MR) is 114 cm³/mol. The minimum atomic E-state index is 0.114. The number of carbonyl (C=O) groups is 1. The number of aromatic nitrogens is 2. The molecule has 148 valence electrons. The van der Waals surface area contributed by atoms with Gasteiger partial charge in [0, 0.05) is 61.7 Å². The summed E-state index contributed by atoms with van der Waals surface area (Å²) in [5.74, 6) is 0.114. The molecule has 1 amide bonds. The molecule has 7 heteroatoms. The van der Waals surface area contributed by atoms with E-state index in [4.69, 9.17) is 0 Å². The highest BCUT2D eigenvalue weighted by molar-refractivity contribution is 7.09. The molecule has 2 aromatic heterocycles. The Balaban J connectivity index is 1.16. The second-order valence-electron chi connectivity index (χ2n) is 7.37. The Labute approximate surface area is 169 Å². The summed E-state index contributed by atoms with van der Waals surface area (Å²) in [6, 6.07) is 8.28. The van der Waals surface area contributed by atoms with E-state index in [1.807, 2.05) is 25.3 Å². The second kappa shape index (κ2) is 8.86. The Morgan fingerprint density at radius 1 is 1.21 bits per heavy atom. The van der Waals surface area contributed by atoms with Gasteiger partial charge in [-0.05, 0) is 25.0 Å². The number of hydrogen-bond acceptors (Lipinski definition) is 5. The van der Waals surface area contributed by atoms with Crippen LogP contribution in [0.3, 0.4) is 0 Å². The Hall–Kier alpha value is -2.22. The van der Waals surface area contributed by atoms with Crippen LogP contribution in [-0.2, 0) is 17.8 Å². The van der Waals surface area contributed by atoms with Crippen molar-refractivity contribution in [2.75, 3.05) is 39.3 Å². The van der Waals surface area contributed by atoms with Crippen LogP contribution < -0.4 is 5.32 Å². The summed E-state index contributed by atoms with van der Waals surface area (Å²) in [7, 11) is 0. The number of fused-ring (bicyclic) bond motifs is 1. The number of thiazole rings is 1. The molecule has 1 aromatic carbocycles. The van der Waals surface area contributed by atoms with Gasteiger partial charge >= 0.3 is 0 Å². The van der Waals surface area contributed by atoms with E-state index in [1.165, 1.54) is 10.9 Å². The maximum Gasteiger partial charge on any atom is 0.234 e. The number of carbonyl (C=O) groups excluding carboxylic acids is 1. The van der Waals surface area contributed by atoms with Crippen molar-refractivity contribution in [3.8, 4) is 0 Å². The first-order chi connectivity index (χ1) is 13.7. The van der Waals surface area contributed by atoms with Crippen LogP contribution in [0.4, 0.5) is 0 Å². The summed E-state index contributed by atoms with van der Waals surface area (Å²) >= 11 is 1.71. The van der Waals surface area contributed by atoms with Crippen molar-refractivity contribution in [3.05, 3.63) is 52.1 Å². The van der Waals surface area contributed by atoms with Crippen molar-refractivity contribution < 1.29 is 4.79 Å². The highest BCUT2D eigenvalue weighted by Crippen LogP contribution is 2.17. The largest absolute Gasteiger partial charge is 0.361 e. The van der Waals surface area contributed by atoms with Gasteiger partial charge in [-0.3, -0.25) is 14.6 Å². The number of para-hydroxylation sites is 1. The average Bonchev–Trinajstić information content (AvgIpc) is 3.30. The molecule has 0 aliphatic carbocycles. The fraction of sp³-hybridized carbons (Fsp3) is 0.429. The number of rotatable bonds is 7. The zero-order valence-electron chi connectivity index (χ0n) is 16.3. The van der Waals surface area contributed by atoms with E-state index in [1.54, 1.807) is 11.3 Å². The SMILES string of the molecule is Cc1nc(CN2CCN(CC(=O)NCCc3c[nH]c4ccccc34)CC2)cs1.